The molecule has 1 aromatic heterocycles. The Morgan fingerprint density at radius 2 is 1.57 bits per heavy atom. The molecule has 0 saturated heterocycles. The zero-order valence-electron chi connectivity index (χ0n) is 11.0. The van der Waals surface area contributed by atoms with Crippen molar-refractivity contribution >= 4 is 17.9 Å². The predicted molar refractivity (Wildman–Crippen MR) is 83.3 cm³/mol. The number of benzene rings is 2. The molecule has 3 rings (SSSR count). The second-order valence-corrected chi connectivity index (χ2v) is 4.86. The van der Waals surface area contributed by atoms with Crippen molar-refractivity contribution in [2.24, 2.45) is 0 Å². The van der Waals surface area contributed by atoms with E-state index in [9.17, 15) is 4.79 Å². The molecule has 0 aliphatic heterocycles. The molecule has 0 amide bonds. The van der Waals surface area contributed by atoms with E-state index in [2.05, 4.69) is 10.2 Å². The van der Waals surface area contributed by atoms with Crippen molar-refractivity contribution in [1.82, 2.24) is 10.2 Å². The van der Waals surface area contributed by atoms with Gasteiger partial charge in [0.2, 0.25) is 0 Å². The first-order valence-corrected chi connectivity index (χ1v) is 6.80. The third-order valence-corrected chi connectivity index (χ3v) is 3.48. The fourth-order valence-electron chi connectivity index (χ4n) is 2.16. The molecule has 3 aromatic rings. The van der Waals surface area contributed by atoms with Gasteiger partial charge in [-0.2, -0.15) is 0 Å². The summed E-state index contributed by atoms with van der Waals surface area (Å²) in [7, 11) is 0. The quantitative estimate of drug-likeness (QED) is 0.677. The molecule has 0 atom stereocenters. The molecule has 0 radical (unpaired) electrons. The standard InChI is InChI=1S/C17H11ClN2O/c18-17-15(14-9-5-4-8-13(14)11-21)10-16(19-20-17)12-6-2-1-3-7-12/h1-11H. The molecule has 0 saturated carbocycles. The molecule has 0 unspecified atom stereocenters. The second-order valence-electron chi connectivity index (χ2n) is 4.51. The van der Waals surface area contributed by atoms with E-state index in [0.29, 0.717) is 11.1 Å². The lowest BCUT2D eigenvalue weighted by Gasteiger charge is -2.08. The fraction of sp³-hybridized carbons (Fsp3) is 0. The third kappa shape index (κ3) is 2.69. The molecule has 0 N–H and O–H groups in total. The normalized spacial score (nSPS) is 10.3. The molecule has 2 aromatic carbocycles. The number of halogens is 1. The molecule has 0 aliphatic rings. The summed E-state index contributed by atoms with van der Waals surface area (Å²) in [6.45, 7) is 0. The highest BCUT2D eigenvalue weighted by molar-refractivity contribution is 6.32. The second kappa shape index (κ2) is 5.85. The zero-order chi connectivity index (χ0) is 14.7. The van der Waals surface area contributed by atoms with Crippen molar-refractivity contribution in [2.45, 2.75) is 0 Å². The highest BCUT2D eigenvalue weighted by Gasteiger charge is 2.12. The Balaban J connectivity index is 2.17. The topological polar surface area (TPSA) is 42.9 Å². The maximum atomic E-state index is 11.2. The summed E-state index contributed by atoms with van der Waals surface area (Å²) < 4.78 is 0. The minimum atomic E-state index is 0.281. The van der Waals surface area contributed by atoms with Gasteiger partial charge in [0.15, 0.2) is 11.4 Å². The van der Waals surface area contributed by atoms with Gasteiger partial charge in [0.05, 0.1) is 5.69 Å². The third-order valence-electron chi connectivity index (χ3n) is 3.20. The lowest BCUT2D eigenvalue weighted by atomic mass is 10.0. The molecular formula is C17H11ClN2O. The minimum Gasteiger partial charge on any atom is -0.298 e. The summed E-state index contributed by atoms with van der Waals surface area (Å²) >= 11 is 6.16. The fourth-order valence-corrected chi connectivity index (χ4v) is 2.35. The van der Waals surface area contributed by atoms with E-state index in [1.54, 1.807) is 6.07 Å². The molecule has 1 heterocycles. The van der Waals surface area contributed by atoms with Crippen LogP contribution in [0.15, 0.2) is 60.7 Å². The molecule has 102 valence electrons. The van der Waals surface area contributed by atoms with Crippen LogP contribution in [0.25, 0.3) is 22.4 Å². The Morgan fingerprint density at radius 1 is 0.857 bits per heavy atom. The lowest BCUT2D eigenvalue weighted by molar-refractivity contribution is 0.112. The highest BCUT2D eigenvalue weighted by Crippen LogP contribution is 2.31. The smallest absolute Gasteiger partial charge is 0.159 e. The van der Waals surface area contributed by atoms with Gasteiger partial charge >= 0.3 is 0 Å². The SMILES string of the molecule is O=Cc1ccccc1-c1cc(-c2ccccc2)nnc1Cl. The van der Waals surface area contributed by atoms with E-state index in [-0.39, 0.29) is 5.15 Å². The number of aromatic nitrogens is 2. The van der Waals surface area contributed by atoms with Gasteiger partial charge in [-0.15, -0.1) is 10.2 Å². The van der Waals surface area contributed by atoms with Gasteiger partial charge in [-0.25, -0.2) is 0 Å². The number of aldehydes is 1. The Hall–Kier alpha value is -2.52. The number of hydrogen-bond donors (Lipinski definition) is 0. The largest absolute Gasteiger partial charge is 0.298 e. The number of carbonyl (C=O) groups excluding carboxylic acids is 1. The van der Waals surface area contributed by atoms with Crippen LogP contribution >= 0.6 is 11.6 Å². The van der Waals surface area contributed by atoms with Crippen molar-refractivity contribution in [1.29, 1.82) is 0 Å². The van der Waals surface area contributed by atoms with E-state index >= 15 is 0 Å². The summed E-state index contributed by atoms with van der Waals surface area (Å²) in [6, 6.07) is 18.8. The van der Waals surface area contributed by atoms with E-state index < -0.39 is 0 Å². The maximum Gasteiger partial charge on any atom is 0.159 e. The maximum absolute atomic E-state index is 11.2. The summed E-state index contributed by atoms with van der Waals surface area (Å²) in [6.07, 6.45) is 0.814. The van der Waals surface area contributed by atoms with Crippen LogP contribution in [0.2, 0.25) is 5.15 Å². The Bertz CT molecular complexity index is 788. The molecule has 0 fully saturated rings. The van der Waals surface area contributed by atoms with Crippen LogP contribution in [0.5, 0.6) is 0 Å². The first-order chi connectivity index (χ1) is 10.3. The van der Waals surface area contributed by atoms with Crippen molar-refractivity contribution in [3.8, 4) is 22.4 Å². The van der Waals surface area contributed by atoms with Crippen LogP contribution < -0.4 is 0 Å². The Kier molecular flexibility index (Phi) is 3.75. The van der Waals surface area contributed by atoms with Gasteiger partial charge < -0.3 is 0 Å². The van der Waals surface area contributed by atoms with Crippen LogP contribution in [0, 0.1) is 0 Å². The van der Waals surface area contributed by atoms with E-state index in [4.69, 9.17) is 11.6 Å². The van der Waals surface area contributed by atoms with Crippen molar-refractivity contribution in [3.05, 3.63) is 71.4 Å². The minimum absolute atomic E-state index is 0.281. The van der Waals surface area contributed by atoms with E-state index in [0.717, 1.165) is 23.1 Å². The lowest BCUT2D eigenvalue weighted by Crippen LogP contribution is -1.94. The summed E-state index contributed by atoms with van der Waals surface area (Å²) in [5.41, 5.74) is 3.70. The first kappa shape index (κ1) is 13.5. The molecule has 4 heteroatoms. The molecular weight excluding hydrogens is 284 g/mol. The summed E-state index contributed by atoms with van der Waals surface area (Å²) in [4.78, 5) is 11.2. The predicted octanol–water partition coefficient (Wildman–Crippen LogP) is 4.28. The van der Waals surface area contributed by atoms with Crippen LogP contribution in [-0.4, -0.2) is 16.5 Å². The van der Waals surface area contributed by atoms with Crippen LogP contribution in [0.4, 0.5) is 0 Å². The van der Waals surface area contributed by atoms with Gasteiger partial charge in [0, 0.05) is 16.7 Å². The highest BCUT2D eigenvalue weighted by atomic mass is 35.5. The van der Waals surface area contributed by atoms with Gasteiger partial charge in [-0.05, 0) is 11.6 Å². The van der Waals surface area contributed by atoms with Crippen molar-refractivity contribution in [2.75, 3.05) is 0 Å². The Morgan fingerprint density at radius 3 is 2.33 bits per heavy atom. The van der Waals surface area contributed by atoms with Crippen LogP contribution in [0.3, 0.4) is 0 Å². The number of carbonyl (C=O) groups is 1. The molecule has 0 bridgehead atoms. The average Bonchev–Trinajstić information content (AvgIpc) is 2.56. The van der Waals surface area contributed by atoms with E-state index in [1.165, 1.54) is 0 Å². The van der Waals surface area contributed by atoms with Gasteiger partial charge in [0.1, 0.15) is 0 Å². The molecule has 21 heavy (non-hydrogen) atoms. The number of nitrogens with zero attached hydrogens (tertiary/aromatic N) is 2. The van der Waals surface area contributed by atoms with Crippen molar-refractivity contribution < 1.29 is 4.79 Å². The Labute approximate surface area is 127 Å². The van der Waals surface area contributed by atoms with Crippen LogP contribution in [0.1, 0.15) is 10.4 Å². The summed E-state index contributed by atoms with van der Waals surface area (Å²) in [5.74, 6) is 0. The van der Waals surface area contributed by atoms with Gasteiger partial charge in [-0.3, -0.25) is 4.79 Å². The zero-order valence-corrected chi connectivity index (χ0v) is 11.8. The van der Waals surface area contributed by atoms with Crippen LogP contribution in [-0.2, 0) is 0 Å². The molecule has 0 aliphatic carbocycles. The van der Waals surface area contributed by atoms with Gasteiger partial charge in [0.25, 0.3) is 0 Å². The number of rotatable bonds is 3. The first-order valence-electron chi connectivity index (χ1n) is 6.43. The molecule has 3 nitrogen and oxygen atoms in total. The monoisotopic (exact) mass is 294 g/mol. The van der Waals surface area contributed by atoms with Crippen molar-refractivity contribution in [3.63, 3.8) is 0 Å². The molecule has 0 spiro atoms. The van der Waals surface area contributed by atoms with E-state index in [1.807, 2.05) is 54.6 Å². The van der Waals surface area contributed by atoms with Gasteiger partial charge in [-0.1, -0.05) is 66.2 Å². The number of hydrogen-bond acceptors (Lipinski definition) is 3. The average molecular weight is 295 g/mol. The summed E-state index contributed by atoms with van der Waals surface area (Å²) in [5, 5.41) is 8.41.